The second-order valence-electron chi connectivity index (χ2n) is 3.69. The number of hydrogen-bond donors (Lipinski definition) is 1. The van der Waals surface area contributed by atoms with Crippen LogP contribution in [0.3, 0.4) is 0 Å². The van der Waals surface area contributed by atoms with Gasteiger partial charge >= 0.3 is 0 Å². The van der Waals surface area contributed by atoms with Crippen molar-refractivity contribution in [3.8, 4) is 28.7 Å². The number of hydrogen-bond acceptors (Lipinski definition) is 3. The number of methoxy groups -OCH3 is 1. The molecule has 3 nitrogen and oxygen atoms in total. The maximum Gasteiger partial charge on any atom is 0.137 e. The fourth-order valence-electron chi connectivity index (χ4n) is 1.65. The van der Waals surface area contributed by atoms with Crippen LogP contribution in [0.15, 0.2) is 40.9 Å². The van der Waals surface area contributed by atoms with Gasteiger partial charge in [-0.2, -0.15) is 5.26 Å². The molecule has 1 N–H and O–H groups in total. The Kier molecular flexibility index (Phi) is 3.54. The molecule has 4 heteroatoms. The van der Waals surface area contributed by atoms with Crippen molar-refractivity contribution in [3.63, 3.8) is 0 Å². The van der Waals surface area contributed by atoms with Gasteiger partial charge in [0.1, 0.15) is 11.5 Å². The molecule has 0 heterocycles. The molecule has 0 saturated heterocycles. The first-order valence-electron chi connectivity index (χ1n) is 5.22. The van der Waals surface area contributed by atoms with Gasteiger partial charge in [-0.15, -0.1) is 0 Å². The largest absolute Gasteiger partial charge is 0.506 e. The van der Waals surface area contributed by atoms with Gasteiger partial charge in [0, 0.05) is 5.56 Å². The van der Waals surface area contributed by atoms with Crippen molar-refractivity contribution in [2.75, 3.05) is 7.11 Å². The van der Waals surface area contributed by atoms with Crippen molar-refractivity contribution in [1.82, 2.24) is 0 Å². The Hall–Kier alpha value is -1.99. The third-order valence-electron chi connectivity index (χ3n) is 2.59. The molecule has 2 aromatic carbocycles. The molecule has 0 saturated carbocycles. The summed E-state index contributed by atoms with van der Waals surface area (Å²) < 4.78 is 5.59. The van der Waals surface area contributed by atoms with Crippen LogP contribution in [-0.4, -0.2) is 12.2 Å². The van der Waals surface area contributed by atoms with Crippen molar-refractivity contribution in [1.29, 1.82) is 5.26 Å². The average Bonchev–Trinajstić information content (AvgIpc) is 2.42. The quantitative estimate of drug-likeness (QED) is 0.920. The molecule has 0 aliphatic heterocycles. The van der Waals surface area contributed by atoms with Crippen LogP contribution in [-0.2, 0) is 0 Å². The SMILES string of the molecule is COc1ccc(-c2cc(C#N)cc(Br)c2O)cc1. The summed E-state index contributed by atoms with van der Waals surface area (Å²) in [6.07, 6.45) is 0. The van der Waals surface area contributed by atoms with E-state index in [9.17, 15) is 5.11 Å². The summed E-state index contributed by atoms with van der Waals surface area (Å²) in [6, 6.07) is 12.6. The van der Waals surface area contributed by atoms with E-state index in [2.05, 4.69) is 22.0 Å². The molecule has 0 spiro atoms. The minimum absolute atomic E-state index is 0.124. The normalized spacial score (nSPS) is 9.83. The van der Waals surface area contributed by atoms with E-state index in [1.807, 2.05) is 24.3 Å². The number of phenolic OH excluding ortho intramolecular Hbond substituents is 1. The standard InChI is InChI=1S/C14H10BrNO2/c1-18-11-4-2-10(3-5-11)12-6-9(8-16)7-13(15)14(12)17/h2-7,17H,1H3. The van der Waals surface area contributed by atoms with E-state index in [0.29, 0.717) is 15.6 Å². The Morgan fingerprint density at radius 1 is 1.22 bits per heavy atom. The van der Waals surface area contributed by atoms with Gasteiger partial charge < -0.3 is 9.84 Å². The summed E-state index contributed by atoms with van der Waals surface area (Å²) in [5.41, 5.74) is 1.93. The van der Waals surface area contributed by atoms with Crippen molar-refractivity contribution in [2.24, 2.45) is 0 Å². The third-order valence-corrected chi connectivity index (χ3v) is 3.20. The maximum atomic E-state index is 10.0. The minimum atomic E-state index is 0.124. The molecular formula is C14H10BrNO2. The lowest BCUT2D eigenvalue weighted by Gasteiger charge is -2.08. The fourth-order valence-corrected chi connectivity index (χ4v) is 2.11. The summed E-state index contributed by atoms with van der Waals surface area (Å²) in [5, 5.41) is 18.9. The van der Waals surface area contributed by atoms with Crippen LogP contribution >= 0.6 is 15.9 Å². The van der Waals surface area contributed by atoms with Crippen molar-refractivity contribution in [2.45, 2.75) is 0 Å². The highest BCUT2D eigenvalue weighted by Crippen LogP contribution is 2.37. The molecule has 18 heavy (non-hydrogen) atoms. The molecule has 0 aliphatic rings. The highest BCUT2D eigenvalue weighted by atomic mass is 79.9. The molecule has 0 bridgehead atoms. The Morgan fingerprint density at radius 3 is 2.44 bits per heavy atom. The molecule has 0 atom stereocenters. The smallest absolute Gasteiger partial charge is 0.137 e. The highest BCUT2D eigenvalue weighted by Gasteiger charge is 2.10. The fraction of sp³-hybridized carbons (Fsp3) is 0.0714. The number of nitriles is 1. The van der Waals surface area contributed by atoms with Gasteiger partial charge in [0.25, 0.3) is 0 Å². The average molecular weight is 304 g/mol. The van der Waals surface area contributed by atoms with Gasteiger partial charge in [-0.1, -0.05) is 12.1 Å². The van der Waals surface area contributed by atoms with Gasteiger partial charge in [0.15, 0.2) is 0 Å². The van der Waals surface area contributed by atoms with E-state index < -0.39 is 0 Å². The zero-order valence-electron chi connectivity index (χ0n) is 9.64. The van der Waals surface area contributed by atoms with E-state index in [0.717, 1.165) is 11.3 Å². The maximum absolute atomic E-state index is 10.0. The molecule has 2 aromatic rings. The summed E-state index contributed by atoms with van der Waals surface area (Å²) in [4.78, 5) is 0. The molecular weight excluding hydrogens is 294 g/mol. The lowest BCUT2D eigenvalue weighted by atomic mass is 10.0. The number of ether oxygens (including phenoxy) is 1. The minimum Gasteiger partial charge on any atom is -0.506 e. The molecule has 0 aliphatic carbocycles. The van der Waals surface area contributed by atoms with E-state index >= 15 is 0 Å². The predicted molar refractivity (Wildman–Crippen MR) is 72.5 cm³/mol. The second kappa shape index (κ2) is 5.11. The topological polar surface area (TPSA) is 53.2 Å². The van der Waals surface area contributed by atoms with Crippen LogP contribution in [0.1, 0.15) is 5.56 Å². The summed E-state index contributed by atoms with van der Waals surface area (Å²) in [7, 11) is 1.60. The van der Waals surface area contributed by atoms with E-state index in [1.165, 1.54) is 0 Å². The molecule has 0 unspecified atom stereocenters. The number of aromatic hydroxyl groups is 1. The summed E-state index contributed by atoms with van der Waals surface area (Å²) in [6.45, 7) is 0. The number of benzene rings is 2. The zero-order valence-corrected chi connectivity index (χ0v) is 11.2. The van der Waals surface area contributed by atoms with E-state index in [-0.39, 0.29) is 5.75 Å². The number of nitrogens with zero attached hydrogens (tertiary/aromatic N) is 1. The van der Waals surface area contributed by atoms with Gasteiger partial charge in [-0.25, -0.2) is 0 Å². The van der Waals surface area contributed by atoms with Crippen LogP contribution < -0.4 is 4.74 Å². The van der Waals surface area contributed by atoms with Crippen LogP contribution in [0.4, 0.5) is 0 Å². The monoisotopic (exact) mass is 303 g/mol. The molecule has 0 radical (unpaired) electrons. The number of halogens is 1. The van der Waals surface area contributed by atoms with Crippen molar-refractivity contribution >= 4 is 15.9 Å². The van der Waals surface area contributed by atoms with E-state index in [4.69, 9.17) is 10.00 Å². The van der Waals surface area contributed by atoms with Gasteiger partial charge in [-0.05, 0) is 45.8 Å². The number of phenols is 1. The lowest BCUT2D eigenvalue weighted by molar-refractivity contribution is 0.415. The molecule has 0 fully saturated rings. The first-order chi connectivity index (χ1) is 8.65. The van der Waals surface area contributed by atoms with Crippen LogP contribution in [0, 0.1) is 11.3 Å². The number of rotatable bonds is 2. The van der Waals surface area contributed by atoms with Crippen LogP contribution in [0.5, 0.6) is 11.5 Å². The van der Waals surface area contributed by atoms with Gasteiger partial charge in [0.05, 0.1) is 23.2 Å². The summed E-state index contributed by atoms with van der Waals surface area (Å²) >= 11 is 3.24. The second-order valence-corrected chi connectivity index (χ2v) is 4.55. The first-order valence-corrected chi connectivity index (χ1v) is 6.02. The van der Waals surface area contributed by atoms with E-state index in [1.54, 1.807) is 19.2 Å². The van der Waals surface area contributed by atoms with Crippen LogP contribution in [0.25, 0.3) is 11.1 Å². The molecule has 0 amide bonds. The van der Waals surface area contributed by atoms with Gasteiger partial charge in [-0.3, -0.25) is 0 Å². The summed E-state index contributed by atoms with van der Waals surface area (Å²) in [5.74, 6) is 0.868. The zero-order chi connectivity index (χ0) is 13.1. The Balaban J connectivity index is 2.55. The Bertz CT molecular complexity index is 615. The predicted octanol–water partition coefficient (Wildman–Crippen LogP) is 3.70. The van der Waals surface area contributed by atoms with Crippen molar-refractivity contribution in [3.05, 3.63) is 46.4 Å². The van der Waals surface area contributed by atoms with Crippen molar-refractivity contribution < 1.29 is 9.84 Å². The third kappa shape index (κ3) is 2.31. The lowest BCUT2D eigenvalue weighted by Crippen LogP contribution is -1.85. The highest BCUT2D eigenvalue weighted by molar-refractivity contribution is 9.10. The Morgan fingerprint density at radius 2 is 1.89 bits per heavy atom. The van der Waals surface area contributed by atoms with Crippen LogP contribution in [0.2, 0.25) is 0 Å². The molecule has 90 valence electrons. The molecule has 0 aromatic heterocycles. The molecule has 2 rings (SSSR count). The van der Waals surface area contributed by atoms with Gasteiger partial charge in [0.2, 0.25) is 0 Å². The first kappa shape index (κ1) is 12.5. The Labute approximate surface area is 113 Å².